The summed E-state index contributed by atoms with van der Waals surface area (Å²) < 4.78 is 5.16. The smallest absolute Gasteiger partial charge is 0.294 e. The van der Waals surface area contributed by atoms with Gasteiger partial charge in [0.05, 0.1) is 18.6 Å². The van der Waals surface area contributed by atoms with E-state index in [2.05, 4.69) is 10.2 Å². The molecule has 1 aliphatic rings. The first-order valence-electron chi connectivity index (χ1n) is 8.57. The van der Waals surface area contributed by atoms with Crippen LogP contribution in [0.1, 0.15) is 18.4 Å². The van der Waals surface area contributed by atoms with Gasteiger partial charge >= 0.3 is 0 Å². The van der Waals surface area contributed by atoms with E-state index in [-0.39, 0.29) is 28.8 Å². The first kappa shape index (κ1) is 19.1. The van der Waals surface area contributed by atoms with E-state index in [1.807, 2.05) is 24.3 Å². The summed E-state index contributed by atoms with van der Waals surface area (Å²) in [6.45, 7) is 0.793. The molecule has 0 aromatic heterocycles. The fourth-order valence-electron chi connectivity index (χ4n) is 2.85. The fraction of sp³-hybridized carbons (Fsp3) is 0.316. The summed E-state index contributed by atoms with van der Waals surface area (Å²) in [4.78, 5) is 25.2. The lowest BCUT2D eigenvalue weighted by Crippen LogP contribution is -2.34. The number of hydrogen-bond acceptors (Lipinski definition) is 5. The summed E-state index contributed by atoms with van der Waals surface area (Å²) >= 11 is 5.81. The van der Waals surface area contributed by atoms with Crippen molar-refractivity contribution in [1.29, 1.82) is 0 Å². The van der Waals surface area contributed by atoms with Crippen molar-refractivity contribution < 1.29 is 14.5 Å². The van der Waals surface area contributed by atoms with Crippen LogP contribution in [0.5, 0.6) is 5.75 Å². The predicted octanol–water partition coefficient (Wildman–Crippen LogP) is 3.86. The number of rotatable bonds is 8. The molecule has 0 aliphatic heterocycles. The van der Waals surface area contributed by atoms with E-state index in [0.717, 1.165) is 24.2 Å². The van der Waals surface area contributed by atoms with Gasteiger partial charge in [-0.25, -0.2) is 0 Å². The average Bonchev–Trinajstić information content (AvgIpc) is 3.48. The Morgan fingerprint density at radius 1 is 1.30 bits per heavy atom. The van der Waals surface area contributed by atoms with Gasteiger partial charge in [0.2, 0.25) is 5.91 Å². The number of amides is 1. The number of nitro groups is 1. The van der Waals surface area contributed by atoms with Crippen LogP contribution >= 0.6 is 11.6 Å². The maximum atomic E-state index is 12.5. The van der Waals surface area contributed by atoms with Gasteiger partial charge in [-0.3, -0.25) is 19.8 Å². The monoisotopic (exact) mass is 389 g/mol. The molecule has 1 N–H and O–H groups in total. The lowest BCUT2D eigenvalue weighted by Gasteiger charge is -2.21. The second kappa shape index (κ2) is 8.37. The first-order chi connectivity index (χ1) is 13.0. The topological polar surface area (TPSA) is 84.7 Å². The van der Waals surface area contributed by atoms with Gasteiger partial charge in [0.25, 0.3) is 5.69 Å². The van der Waals surface area contributed by atoms with Crippen LogP contribution in [0.4, 0.5) is 11.4 Å². The highest BCUT2D eigenvalue weighted by molar-refractivity contribution is 6.31. The zero-order valence-electron chi connectivity index (χ0n) is 14.9. The van der Waals surface area contributed by atoms with Gasteiger partial charge < -0.3 is 10.1 Å². The van der Waals surface area contributed by atoms with Gasteiger partial charge in [-0.1, -0.05) is 23.7 Å². The molecule has 0 radical (unpaired) electrons. The minimum Gasteiger partial charge on any atom is -0.497 e. The van der Waals surface area contributed by atoms with E-state index >= 15 is 0 Å². The standard InChI is InChI=1S/C19H20ClN3O4/c1-27-16-7-2-13(3-8-16)11-22(15-5-6-15)12-19(24)21-17-9-4-14(20)10-18(17)23(25)26/h2-4,7-10,15H,5-6,11-12H2,1H3,(H,21,24). The maximum Gasteiger partial charge on any atom is 0.294 e. The van der Waals surface area contributed by atoms with Gasteiger partial charge in [0.15, 0.2) is 0 Å². The SMILES string of the molecule is COc1ccc(CN(CC(=O)Nc2ccc(Cl)cc2[N+](=O)[O-])C2CC2)cc1. The molecule has 1 aliphatic carbocycles. The van der Waals surface area contributed by atoms with Crippen LogP contribution in [0, 0.1) is 10.1 Å². The predicted molar refractivity (Wildman–Crippen MR) is 103 cm³/mol. The van der Waals surface area contributed by atoms with Crippen molar-refractivity contribution in [2.75, 3.05) is 19.0 Å². The number of nitrogens with one attached hydrogen (secondary N) is 1. The highest BCUT2D eigenvalue weighted by atomic mass is 35.5. The number of halogens is 1. The minimum atomic E-state index is -0.558. The number of carbonyl (C=O) groups is 1. The second-order valence-electron chi connectivity index (χ2n) is 6.45. The lowest BCUT2D eigenvalue weighted by atomic mass is 10.2. The zero-order valence-corrected chi connectivity index (χ0v) is 15.6. The molecule has 1 saturated carbocycles. The molecular formula is C19H20ClN3O4. The fourth-order valence-corrected chi connectivity index (χ4v) is 3.02. The number of ether oxygens (including phenoxy) is 1. The molecule has 0 heterocycles. The van der Waals surface area contributed by atoms with Crippen molar-refractivity contribution in [3.63, 3.8) is 0 Å². The van der Waals surface area contributed by atoms with E-state index in [0.29, 0.717) is 12.6 Å². The highest BCUT2D eigenvalue weighted by Gasteiger charge is 2.30. The van der Waals surface area contributed by atoms with Crippen molar-refractivity contribution >= 4 is 28.9 Å². The number of methoxy groups -OCH3 is 1. The molecule has 142 valence electrons. The van der Waals surface area contributed by atoms with Crippen LogP contribution in [0.25, 0.3) is 0 Å². The molecule has 0 spiro atoms. The molecule has 3 rings (SSSR count). The van der Waals surface area contributed by atoms with Crippen molar-refractivity contribution in [2.24, 2.45) is 0 Å². The molecule has 0 unspecified atom stereocenters. The second-order valence-corrected chi connectivity index (χ2v) is 6.89. The van der Waals surface area contributed by atoms with Crippen molar-refractivity contribution in [3.8, 4) is 5.75 Å². The van der Waals surface area contributed by atoms with E-state index in [4.69, 9.17) is 16.3 Å². The Bertz CT molecular complexity index is 837. The number of anilines is 1. The first-order valence-corrected chi connectivity index (χ1v) is 8.95. The Morgan fingerprint density at radius 2 is 2.00 bits per heavy atom. The van der Waals surface area contributed by atoms with Crippen LogP contribution < -0.4 is 10.1 Å². The third-order valence-electron chi connectivity index (χ3n) is 4.39. The quantitative estimate of drug-likeness (QED) is 0.547. The van der Waals surface area contributed by atoms with E-state index < -0.39 is 4.92 Å². The maximum absolute atomic E-state index is 12.5. The molecule has 1 fully saturated rings. The normalized spacial score (nSPS) is 13.4. The average molecular weight is 390 g/mol. The number of nitro benzene ring substituents is 1. The summed E-state index contributed by atoms with van der Waals surface area (Å²) in [6.07, 6.45) is 2.09. The summed E-state index contributed by atoms with van der Waals surface area (Å²) in [5, 5.41) is 14.0. The Morgan fingerprint density at radius 3 is 2.59 bits per heavy atom. The zero-order chi connectivity index (χ0) is 19.4. The molecule has 0 bridgehead atoms. The van der Waals surface area contributed by atoms with Crippen LogP contribution in [0.2, 0.25) is 5.02 Å². The third-order valence-corrected chi connectivity index (χ3v) is 4.62. The Balaban J connectivity index is 1.66. The van der Waals surface area contributed by atoms with Gasteiger partial charge in [-0.05, 0) is 42.7 Å². The van der Waals surface area contributed by atoms with Crippen molar-refractivity contribution in [2.45, 2.75) is 25.4 Å². The molecule has 0 atom stereocenters. The molecular weight excluding hydrogens is 370 g/mol. The van der Waals surface area contributed by atoms with Crippen LogP contribution in [0.15, 0.2) is 42.5 Å². The number of carbonyl (C=O) groups excluding carboxylic acids is 1. The molecule has 1 amide bonds. The Labute approximate surface area is 162 Å². The Kier molecular flexibility index (Phi) is 5.93. The van der Waals surface area contributed by atoms with Gasteiger partial charge in [0, 0.05) is 23.7 Å². The van der Waals surface area contributed by atoms with Gasteiger partial charge in [-0.2, -0.15) is 0 Å². The molecule has 0 saturated heterocycles. The Hall–Kier alpha value is -2.64. The lowest BCUT2D eigenvalue weighted by molar-refractivity contribution is -0.383. The van der Waals surface area contributed by atoms with Crippen LogP contribution in [-0.2, 0) is 11.3 Å². The van der Waals surface area contributed by atoms with E-state index in [9.17, 15) is 14.9 Å². The summed E-state index contributed by atoms with van der Waals surface area (Å²) in [7, 11) is 1.62. The van der Waals surface area contributed by atoms with Gasteiger partial charge in [0.1, 0.15) is 11.4 Å². The summed E-state index contributed by atoms with van der Waals surface area (Å²) in [6, 6.07) is 12.3. The van der Waals surface area contributed by atoms with Crippen molar-refractivity contribution in [1.82, 2.24) is 4.90 Å². The number of benzene rings is 2. The highest BCUT2D eigenvalue weighted by Crippen LogP contribution is 2.30. The largest absolute Gasteiger partial charge is 0.497 e. The third kappa shape index (κ3) is 5.18. The van der Waals surface area contributed by atoms with Crippen molar-refractivity contribution in [3.05, 3.63) is 63.2 Å². The van der Waals surface area contributed by atoms with Gasteiger partial charge in [-0.15, -0.1) is 0 Å². The van der Waals surface area contributed by atoms with Crippen LogP contribution in [0.3, 0.4) is 0 Å². The molecule has 7 nitrogen and oxygen atoms in total. The number of hydrogen-bond donors (Lipinski definition) is 1. The van der Waals surface area contributed by atoms with E-state index in [1.54, 1.807) is 7.11 Å². The molecule has 2 aromatic carbocycles. The summed E-state index contributed by atoms with van der Waals surface area (Å²) in [5.74, 6) is 0.491. The molecule has 27 heavy (non-hydrogen) atoms. The van der Waals surface area contributed by atoms with Crippen LogP contribution in [-0.4, -0.2) is 35.4 Å². The summed E-state index contributed by atoms with van der Waals surface area (Å²) in [5.41, 5.74) is 1.01. The minimum absolute atomic E-state index is 0.148. The van der Waals surface area contributed by atoms with E-state index in [1.165, 1.54) is 18.2 Å². The number of nitrogens with zero attached hydrogens (tertiary/aromatic N) is 2. The molecule has 2 aromatic rings. The molecule has 8 heteroatoms.